The molecule has 1 aliphatic carbocycles. The summed E-state index contributed by atoms with van der Waals surface area (Å²) in [6.07, 6.45) is 0.638. The predicted molar refractivity (Wildman–Crippen MR) is 104 cm³/mol. The molecule has 0 spiro atoms. The Hall–Kier alpha value is -2.26. The monoisotopic (exact) mass is 458 g/mol. The van der Waals surface area contributed by atoms with E-state index in [1.165, 1.54) is 28.2 Å². The van der Waals surface area contributed by atoms with Crippen molar-refractivity contribution >= 4 is 27.8 Å². The number of benzene rings is 1. The summed E-state index contributed by atoms with van der Waals surface area (Å²) < 4.78 is 45.7. The molecule has 2 aliphatic rings. The van der Waals surface area contributed by atoms with Gasteiger partial charge in [-0.3, -0.25) is 0 Å². The highest BCUT2D eigenvalue weighted by atomic mass is 32.2. The minimum absolute atomic E-state index is 0.0343. The molecule has 11 nitrogen and oxygen atoms in total. The van der Waals surface area contributed by atoms with Gasteiger partial charge in [0, 0.05) is 24.9 Å². The number of nitrogens with zero attached hydrogens (tertiary/aromatic N) is 4. The average Bonchev–Trinajstić information content (AvgIpc) is 3.13. The number of hydrogen-bond acceptors (Lipinski definition) is 9. The highest BCUT2D eigenvalue weighted by Crippen LogP contribution is 2.35. The molecule has 1 aromatic carbocycles. The molecule has 14 heteroatoms. The normalized spacial score (nSPS) is 19.8. The Labute approximate surface area is 175 Å². The summed E-state index contributed by atoms with van der Waals surface area (Å²) in [6.45, 7) is 0.149. The summed E-state index contributed by atoms with van der Waals surface area (Å²) >= 11 is 1.25. The molecule has 4 rings (SSSR count). The van der Waals surface area contributed by atoms with Gasteiger partial charge in [0.2, 0.25) is 0 Å². The van der Waals surface area contributed by atoms with E-state index >= 15 is 0 Å². The van der Waals surface area contributed by atoms with Crippen molar-refractivity contribution in [2.45, 2.75) is 22.7 Å². The van der Waals surface area contributed by atoms with Crippen LogP contribution in [0.5, 0.6) is 0 Å². The van der Waals surface area contributed by atoms with Gasteiger partial charge in [0.25, 0.3) is 10.2 Å². The van der Waals surface area contributed by atoms with Gasteiger partial charge in [-0.25, -0.2) is 9.02 Å². The fourth-order valence-electron chi connectivity index (χ4n) is 3.21. The zero-order chi connectivity index (χ0) is 21.3. The molecule has 2 aromatic rings. The summed E-state index contributed by atoms with van der Waals surface area (Å²) in [4.78, 5) is 0. The molecule has 162 valence electrons. The highest BCUT2D eigenvalue weighted by Gasteiger charge is 2.38. The quantitative estimate of drug-likeness (QED) is 0.183. The van der Waals surface area contributed by atoms with Crippen LogP contribution in [0.4, 0.5) is 4.39 Å². The Bertz CT molecular complexity index is 1060. The number of hydrogen-bond donors (Lipinski definition) is 4. The van der Waals surface area contributed by atoms with E-state index in [-0.39, 0.29) is 54.9 Å². The summed E-state index contributed by atoms with van der Waals surface area (Å²) in [7, 11) is -3.63. The summed E-state index contributed by atoms with van der Waals surface area (Å²) in [6, 6.07) is 4.30. The number of thioether (sulfide) groups is 1. The maximum Gasteiger partial charge on any atom is 0.279 e. The van der Waals surface area contributed by atoms with Crippen LogP contribution in [0.2, 0.25) is 0 Å². The average molecular weight is 458 g/mol. The van der Waals surface area contributed by atoms with E-state index in [1.807, 2.05) is 0 Å². The zero-order valence-corrected chi connectivity index (χ0v) is 17.2. The Balaban J connectivity index is 1.38. The molecule has 1 aliphatic heterocycles. The van der Waals surface area contributed by atoms with E-state index in [1.54, 1.807) is 6.07 Å². The Morgan fingerprint density at radius 3 is 2.93 bits per heavy atom. The number of aromatic nitrogens is 2. The lowest BCUT2D eigenvalue weighted by molar-refractivity contribution is 0.288. The van der Waals surface area contributed by atoms with Crippen LogP contribution in [0.3, 0.4) is 0 Å². The van der Waals surface area contributed by atoms with Crippen LogP contribution in [0.25, 0.3) is 0 Å². The fourth-order valence-corrected chi connectivity index (χ4v) is 5.83. The molecule has 1 aromatic heterocycles. The molecule has 0 amide bonds. The van der Waals surface area contributed by atoms with Crippen molar-refractivity contribution in [2.24, 2.45) is 5.16 Å². The predicted octanol–water partition coefficient (Wildman–Crippen LogP) is -0.165. The van der Waals surface area contributed by atoms with E-state index in [0.717, 1.165) is 11.1 Å². The van der Waals surface area contributed by atoms with Crippen LogP contribution in [-0.2, 0) is 16.6 Å². The molecule has 0 bridgehead atoms. The van der Waals surface area contributed by atoms with Gasteiger partial charge in [-0.15, -0.1) is 0 Å². The molecule has 0 unspecified atom stereocenters. The third kappa shape index (κ3) is 4.13. The van der Waals surface area contributed by atoms with Crippen molar-refractivity contribution in [2.75, 3.05) is 26.2 Å². The smallest absolute Gasteiger partial charge is 0.279 e. The van der Waals surface area contributed by atoms with Crippen LogP contribution < -0.4 is 10.0 Å². The molecular weight excluding hydrogens is 439 g/mol. The maximum atomic E-state index is 13.5. The largest absolute Gasteiger partial charge is 0.409 e. The number of amidine groups is 1. The lowest BCUT2D eigenvalue weighted by Gasteiger charge is -2.36. The fraction of sp³-hybridized carbons (Fsp3) is 0.438. The first-order chi connectivity index (χ1) is 14.4. The summed E-state index contributed by atoms with van der Waals surface area (Å²) in [5.41, 5.74) is 1.97. The molecular formula is C16H19FN6O5S2. The number of nitrogens with one attached hydrogen (secondary N) is 2. The second kappa shape index (κ2) is 8.47. The van der Waals surface area contributed by atoms with Crippen LogP contribution in [0.1, 0.15) is 22.9 Å². The van der Waals surface area contributed by atoms with Gasteiger partial charge in [0.1, 0.15) is 5.82 Å². The molecule has 0 radical (unpaired) electrons. The van der Waals surface area contributed by atoms with Crippen molar-refractivity contribution in [3.05, 3.63) is 40.8 Å². The van der Waals surface area contributed by atoms with Gasteiger partial charge in [-0.05, 0) is 40.0 Å². The Morgan fingerprint density at radius 2 is 2.20 bits per heavy atom. The van der Waals surface area contributed by atoms with Gasteiger partial charge >= 0.3 is 0 Å². The molecule has 1 fully saturated rings. The van der Waals surface area contributed by atoms with Crippen molar-refractivity contribution in [3.8, 4) is 0 Å². The van der Waals surface area contributed by atoms with Gasteiger partial charge < -0.3 is 15.6 Å². The van der Waals surface area contributed by atoms with Gasteiger partial charge in [-0.1, -0.05) is 23.0 Å². The van der Waals surface area contributed by atoms with Crippen molar-refractivity contribution in [3.63, 3.8) is 0 Å². The number of aliphatic hydroxyl groups is 1. The number of fused-ring (bicyclic) bond motifs is 1. The Morgan fingerprint density at radius 1 is 1.40 bits per heavy atom. The van der Waals surface area contributed by atoms with Crippen molar-refractivity contribution < 1.29 is 27.8 Å². The standard InChI is InChI=1S/C16H19FN6O5S2/c17-10-2-1-9-5-13(12(9)6-10)19-15(20-25)14-16(22-28-21-14)29-11-7-23(8-11)30(26,27)18-3-4-24/h1-2,6,11,13,18,24-25H,3-5,7-8H2,(H,19,20)/t13-/m0/s1. The van der Waals surface area contributed by atoms with Gasteiger partial charge in [0.05, 0.1) is 12.6 Å². The van der Waals surface area contributed by atoms with E-state index < -0.39 is 10.2 Å². The third-order valence-corrected chi connectivity index (χ3v) is 7.50. The second-order valence-electron chi connectivity index (χ2n) is 6.79. The van der Waals surface area contributed by atoms with E-state index in [2.05, 4.69) is 25.5 Å². The van der Waals surface area contributed by atoms with Crippen molar-refractivity contribution in [1.29, 1.82) is 0 Å². The van der Waals surface area contributed by atoms with Crippen LogP contribution in [0.15, 0.2) is 33.0 Å². The molecule has 4 N–H and O–H groups in total. The number of halogens is 1. The summed E-state index contributed by atoms with van der Waals surface area (Å²) in [5, 5.41) is 32.3. The lowest BCUT2D eigenvalue weighted by atomic mass is 9.83. The number of oxime groups is 1. The van der Waals surface area contributed by atoms with Crippen LogP contribution in [0, 0.1) is 5.82 Å². The molecule has 30 heavy (non-hydrogen) atoms. The molecule has 0 saturated carbocycles. The molecule has 2 heterocycles. The third-order valence-electron chi connectivity index (χ3n) is 4.83. The number of aliphatic hydroxyl groups excluding tert-OH is 1. The summed E-state index contributed by atoms with van der Waals surface area (Å²) in [5.74, 6) is -0.313. The van der Waals surface area contributed by atoms with Gasteiger partial charge in [-0.2, -0.15) is 17.4 Å². The maximum absolute atomic E-state index is 13.5. The van der Waals surface area contributed by atoms with E-state index in [9.17, 15) is 18.0 Å². The van der Waals surface area contributed by atoms with E-state index in [4.69, 9.17) is 9.74 Å². The van der Waals surface area contributed by atoms with Crippen molar-refractivity contribution in [1.82, 2.24) is 24.7 Å². The zero-order valence-electron chi connectivity index (χ0n) is 15.5. The SMILES string of the molecule is O=S(=O)(NCCO)N1CC(Sc2nonc2/C(=N\O)N[C@H]2Cc3ccc(F)cc32)C1. The van der Waals surface area contributed by atoms with E-state index in [0.29, 0.717) is 11.4 Å². The topological polar surface area (TPSA) is 153 Å². The Kier molecular flexibility index (Phi) is 5.92. The van der Waals surface area contributed by atoms with Crippen LogP contribution in [-0.4, -0.2) is 70.7 Å². The number of rotatable bonds is 8. The first-order valence-corrected chi connectivity index (χ1v) is 11.4. The minimum Gasteiger partial charge on any atom is -0.409 e. The minimum atomic E-state index is -3.63. The van der Waals surface area contributed by atoms with Crippen LogP contribution >= 0.6 is 11.8 Å². The molecule has 1 saturated heterocycles. The highest BCUT2D eigenvalue weighted by molar-refractivity contribution is 8.00. The lowest BCUT2D eigenvalue weighted by Crippen LogP contribution is -2.55. The first-order valence-electron chi connectivity index (χ1n) is 9.03. The molecule has 1 atom stereocenters. The first kappa shape index (κ1) is 21.0. The van der Waals surface area contributed by atoms with Gasteiger partial charge in [0.15, 0.2) is 16.6 Å². The second-order valence-corrected chi connectivity index (χ2v) is 9.83.